The van der Waals surface area contributed by atoms with Gasteiger partial charge in [0, 0.05) is 6.42 Å². The van der Waals surface area contributed by atoms with Crippen LogP contribution in [-0.4, -0.2) is 32.6 Å². The molecule has 0 amide bonds. The molecule has 0 saturated carbocycles. The first-order valence-corrected chi connectivity index (χ1v) is 9.15. The molecular formula is C19H16FN3O2S. The molecule has 3 aromatic rings. The Morgan fingerprint density at radius 1 is 1.12 bits per heavy atom. The molecule has 1 aromatic heterocycles. The lowest BCUT2D eigenvalue weighted by Gasteiger charge is -2.12. The maximum absolute atomic E-state index is 14.3. The number of rotatable bonds is 5. The Hall–Kier alpha value is -2.67. The smallest absolute Gasteiger partial charge is 0.319 e. The summed E-state index contributed by atoms with van der Waals surface area (Å²) in [6.45, 7) is 0.908. The van der Waals surface area contributed by atoms with Crippen molar-refractivity contribution in [1.29, 1.82) is 0 Å². The summed E-state index contributed by atoms with van der Waals surface area (Å²) in [6.07, 6.45) is 0.636. The number of nitrogens with zero attached hydrogens (tertiary/aromatic N) is 3. The van der Waals surface area contributed by atoms with Crippen molar-refractivity contribution >= 4 is 17.7 Å². The van der Waals surface area contributed by atoms with Crippen molar-refractivity contribution < 1.29 is 13.9 Å². The molecule has 5 nitrogen and oxygen atoms in total. The number of benzene rings is 2. The van der Waals surface area contributed by atoms with Gasteiger partial charge in [-0.3, -0.25) is 9.36 Å². The van der Waals surface area contributed by atoms with E-state index in [1.165, 1.54) is 17.8 Å². The van der Waals surface area contributed by atoms with Gasteiger partial charge in [-0.2, -0.15) is 0 Å². The van der Waals surface area contributed by atoms with Gasteiger partial charge in [0.1, 0.15) is 11.1 Å². The molecule has 1 saturated heterocycles. The topological polar surface area (TPSA) is 57.0 Å². The molecule has 0 unspecified atom stereocenters. The summed E-state index contributed by atoms with van der Waals surface area (Å²) < 4.78 is 21.2. The fourth-order valence-electron chi connectivity index (χ4n) is 2.84. The average molecular weight is 369 g/mol. The molecule has 0 aliphatic carbocycles. The molecule has 1 fully saturated rings. The molecule has 7 heteroatoms. The van der Waals surface area contributed by atoms with Gasteiger partial charge in [0.2, 0.25) is 0 Å². The Labute approximate surface area is 154 Å². The van der Waals surface area contributed by atoms with Crippen molar-refractivity contribution in [1.82, 2.24) is 14.8 Å². The zero-order valence-corrected chi connectivity index (χ0v) is 14.7. The van der Waals surface area contributed by atoms with Crippen LogP contribution in [0.5, 0.6) is 0 Å². The summed E-state index contributed by atoms with van der Waals surface area (Å²) in [5.74, 6) is -0.149. The van der Waals surface area contributed by atoms with Crippen LogP contribution in [0.25, 0.3) is 11.4 Å². The number of halogens is 1. The maximum Gasteiger partial charge on any atom is 0.319 e. The number of carbonyl (C=O) groups is 1. The lowest BCUT2D eigenvalue weighted by Crippen LogP contribution is -2.12. The first-order chi connectivity index (χ1) is 12.7. The van der Waals surface area contributed by atoms with Crippen molar-refractivity contribution in [2.45, 2.75) is 23.4 Å². The van der Waals surface area contributed by atoms with Crippen LogP contribution >= 0.6 is 11.8 Å². The molecule has 1 atom stereocenters. The Bertz CT molecular complexity index is 930. The van der Waals surface area contributed by atoms with E-state index in [1.54, 1.807) is 18.2 Å². The normalized spacial score (nSPS) is 16.7. The van der Waals surface area contributed by atoms with Crippen molar-refractivity contribution in [2.75, 3.05) is 6.61 Å². The monoisotopic (exact) mass is 369 g/mol. The van der Waals surface area contributed by atoms with Crippen LogP contribution in [0.3, 0.4) is 0 Å². The Kier molecular flexibility index (Phi) is 4.71. The van der Waals surface area contributed by atoms with E-state index in [9.17, 15) is 9.18 Å². The summed E-state index contributed by atoms with van der Waals surface area (Å²) in [6, 6.07) is 16.3. The van der Waals surface area contributed by atoms with Crippen LogP contribution in [-0.2, 0) is 16.1 Å². The highest BCUT2D eigenvalue weighted by atomic mass is 32.2. The quantitative estimate of drug-likeness (QED) is 0.644. The number of thioether (sulfide) groups is 1. The number of carbonyl (C=O) groups excluding carboxylic acids is 1. The third-order valence-electron chi connectivity index (χ3n) is 4.15. The minimum absolute atomic E-state index is 0.239. The summed E-state index contributed by atoms with van der Waals surface area (Å²) in [5, 5.41) is 8.72. The summed E-state index contributed by atoms with van der Waals surface area (Å²) in [7, 11) is 0. The van der Waals surface area contributed by atoms with E-state index in [1.807, 2.05) is 34.9 Å². The lowest BCUT2D eigenvalue weighted by atomic mass is 10.2. The highest BCUT2D eigenvalue weighted by Crippen LogP contribution is 2.32. The van der Waals surface area contributed by atoms with E-state index in [2.05, 4.69) is 10.2 Å². The molecule has 0 bridgehead atoms. The second kappa shape index (κ2) is 7.29. The second-order valence-corrected chi connectivity index (χ2v) is 7.09. The summed E-state index contributed by atoms with van der Waals surface area (Å²) >= 11 is 1.32. The number of cyclic esters (lactones) is 1. The summed E-state index contributed by atoms with van der Waals surface area (Å²) in [5.41, 5.74) is 1.43. The lowest BCUT2D eigenvalue weighted by molar-refractivity contribution is -0.137. The Morgan fingerprint density at radius 3 is 2.62 bits per heavy atom. The fourth-order valence-corrected chi connectivity index (χ4v) is 3.84. The van der Waals surface area contributed by atoms with Gasteiger partial charge in [-0.15, -0.1) is 10.2 Å². The molecular weight excluding hydrogens is 353 g/mol. The molecule has 0 radical (unpaired) electrons. The molecule has 2 aromatic carbocycles. The van der Waals surface area contributed by atoms with Crippen molar-refractivity contribution in [3.05, 3.63) is 66.0 Å². The van der Waals surface area contributed by atoms with Gasteiger partial charge in [-0.05, 0) is 17.7 Å². The standard InChI is InChI=1S/C19H16FN3O2S/c20-15-9-5-4-8-14(15)17-21-22-19(26-16-10-11-25-18(16)24)23(17)12-13-6-2-1-3-7-13/h1-9,16H,10-12H2/t16-/m0/s1. The van der Waals surface area contributed by atoms with E-state index in [-0.39, 0.29) is 17.0 Å². The third kappa shape index (κ3) is 3.35. The van der Waals surface area contributed by atoms with Gasteiger partial charge in [0.05, 0.1) is 18.7 Å². The molecule has 0 spiro atoms. The largest absolute Gasteiger partial charge is 0.465 e. The summed E-state index contributed by atoms with van der Waals surface area (Å²) in [4.78, 5) is 11.8. The number of ether oxygens (including phenoxy) is 1. The van der Waals surface area contributed by atoms with E-state index in [0.29, 0.717) is 36.1 Å². The fraction of sp³-hybridized carbons (Fsp3) is 0.211. The van der Waals surface area contributed by atoms with Crippen molar-refractivity contribution in [3.8, 4) is 11.4 Å². The molecule has 1 aliphatic heterocycles. The van der Waals surface area contributed by atoms with Gasteiger partial charge in [-0.1, -0.05) is 54.2 Å². The number of hydrogen-bond acceptors (Lipinski definition) is 5. The van der Waals surface area contributed by atoms with Gasteiger partial charge in [0.15, 0.2) is 11.0 Å². The van der Waals surface area contributed by atoms with Crippen molar-refractivity contribution in [2.24, 2.45) is 0 Å². The van der Waals surface area contributed by atoms with Crippen LogP contribution < -0.4 is 0 Å². The minimum Gasteiger partial charge on any atom is -0.465 e. The molecule has 26 heavy (non-hydrogen) atoms. The van der Waals surface area contributed by atoms with Crippen LogP contribution in [0.1, 0.15) is 12.0 Å². The van der Waals surface area contributed by atoms with Crippen LogP contribution in [0, 0.1) is 5.82 Å². The highest BCUT2D eigenvalue weighted by Gasteiger charge is 2.30. The zero-order valence-electron chi connectivity index (χ0n) is 13.8. The predicted octanol–water partition coefficient (Wildman–Crippen LogP) is 3.54. The van der Waals surface area contributed by atoms with Gasteiger partial charge < -0.3 is 4.74 Å². The maximum atomic E-state index is 14.3. The van der Waals surface area contributed by atoms with E-state index in [4.69, 9.17) is 4.74 Å². The molecule has 132 valence electrons. The van der Waals surface area contributed by atoms with E-state index in [0.717, 1.165) is 5.56 Å². The SMILES string of the molecule is O=C1OCC[C@@H]1Sc1nnc(-c2ccccc2F)n1Cc1ccccc1. The van der Waals surface area contributed by atoms with Gasteiger partial charge in [0.25, 0.3) is 0 Å². The number of hydrogen-bond donors (Lipinski definition) is 0. The average Bonchev–Trinajstić information content (AvgIpc) is 3.24. The van der Waals surface area contributed by atoms with Crippen LogP contribution in [0.2, 0.25) is 0 Å². The minimum atomic E-state index is -0.356. The van der Waals surface area contributed by atoms with Gasteiger partial charge >= 0.3 is 5.97 Å². The first kappa shape index (κ1) is 16.8. The van der Waals surface area contributed by atoms with E-state index < -0.39 is 0 Å². The number of esters is 1. The van der Waals surface area contributed by atoms with E-state index >= 15 is 0 Å². The second-order valence-electron chi connectivity index (χ2n) is 5.92. The zero-order chi connectivity index (χ0) is 17.9. The molecule has 2 heterocycles. The Morgan fingerprint density at radius 2 is 1.88 bits per heavy atom. The third-order valence-corrected chi connectivity index (χ3v) is 5.38. The molecule has 1 aliphatic rings. The molecule has 0 N–H and O–H groups in total. The van der Waals surface area contributed by atoms with Gasteiger partial charge in [-0.25, -0.2) is 4.39 Å². The highest BCUT2D eigenvalue weighted by molar-refractivity contribution is 8.00. The number of aromatic nitrogens is 3. The van der Waals surface area contributed by atoms with Crippen LogP contribution in [0.4, 0.5) is 4.39 Å². The van der Waals surface area contributed by atoms with Crippen LogP contribution in [0.15, 0.2) is 59.8 Å². The first-order valence-electron chi connectivity index (χ1n) is 8.27. The molecule has 4 rings (SSSR count). The predicted molar refractivity (Wildman–Crippen MR) is 96.2 cm³/mol. The Balaban J connectivity index is 1.74. The van der Waals surface area contributed by atoms with Crippen molar-refractivity contribution in [3.63, 3.8) is 0 Å².